The van der Waals surface area contributed by atoms with E-state index in [1.54, 1.807) is 0 Å². The molecule has 0 aliphatic heterocycles. The predicted octanol–water partition coefficient (Wildman–Crippen LogP) is 1.48. The Labute approximate surface area is 91.0 Å². The lowest BCUT2D eigenvalue weighted by molar-refractivity contribution is -0.138. The fourth-order valence-corrected chi connectivity index (χ4v) is 2.55. The summed E-state index contributed by atoms with van der Waals surface area (Å²) in [6.45, 7) is 0.574. The Bertz CT molecular complexity index is 257. The molecule has 0 aromatic rings. The first kappa shape index (κ1) is 12.1. The fraction of sp³-hybridized carbons (Fsp3) is 0.750. The number of terminal acetylenes is 1. The molecule has 1 fully saturated rings. The van der Waals surface area contributed by atoms with E-state index in [9.17, 15) is 4.79 Å². The predicted molar refractivity (Wildman–Crippen MR) is 59.1 cm³/mol. The largest absolute Gasteiger partial charge is 0.481 e. The van der Waals surface area contributed by atoms with Gasteiger partial charge in [-0.25, -0.2) is 0 Å². The molecule has 1 aliphatic rings. The van der Waals surface area contributed by atoms with E-state index in [1.165, 1.54) is 0 Å². The highest BCUT2D eigenvalue weighted by molar-refractivity contribution is 5.67. The molecule has 1 unspecified atom stereocenters. The Balaban J connectivity index is 2.73. The Hall–Kier alpha value is -1.01. The Kier molecular flexibility index (Phi) is 4.64. The second-order valence-corrected chi connectivity index (χ2v) is 4.33. The topological polar surface area (TPSA) is 63.3 Å². The van der Waals surface area contributed by atoms with Gasteiger partial charge in [0.15, 0.2) is 0 Å². The number of hydrogen-bond acceptors (Lipinski definition) is 2. The Morgan fingerprint density at radius 2 is 2.00 bits per heavy atom. The van der Waals surface area contributed by atoms with Gasteiger partial charge in [0.2, 0.25) is 0 Å². The van der Waals surface area contributed by atoms with Crippen molar-refractivity contribution in [3.63, 3.8) is 0 Å². The van der Waals surface area contributed by atoms with Crippen molar-refractivity contribution >= 4 is 5.97 Å². The van der Waals surface area contributed by atoms with Crippen LogP contribution in [0.1, 0.15) is 32.1 Å². The van der Waals surface area contributed by atoms with Crippen LogP contribution >= 0.6 is 0 Å². The maximum atomic E-state index is 10.7. The molecule has 0 spiro atoms. The molecular weight excluding hydrogens is 190 g/mol. The van der Waals surface area contributed by atoms with Gasteiger partial charge in [0.05, 0.1) is 0 Å². The van der Waals surface area contributed by atoms with E-state index in [0.29, 0.717) is 12.5 Å². The summed E-state index contributed by atoms with van der Waals surface area (Å²) in [7, 11) is 0. The van der Waals surface area contributed by atoms with Crippen LogP contribution in [0.4, 0.5) is 0 Å². The Morgan fingerprint density at radius 3 is 2.47 bits per heavy atom. The van der Waals surface area contributed by atoms with Crippen molar-refractivity contribution in [2.75, 3.05) is 6.54 Å². The van der Waals surface area contributed by atoms with Crippen molar-refractivity contribution in [3.8, 4) is 12.3 Å². The highest BCUT2D eigenvalue weighted by Gasteiger charge is 2.30. The number of carbonyl (C=O) groups is 1. The number of aliphatic carboxylic acids is 1. The third-order valence-corrected chi connectivity index (χ3v) is 3.35. The van der Waals surface area contributed by atoms with Crippen LogP contribution in [0.3, 0.4) is 0 Å². The summed E-state index contributed by atoms with van der Waals surface area (Å²) in [4.78, 5) is 10.7. The van der Waals surface area contributed by atoms with Crippen LogP contribution < -0.4 is 5.73 Å². The molecule has 3 N–H and O–H groups in total. The molecule has 3 heteroatoms. The van der Waals surface area contributed by atoms with E-state index in [1.807, 2.05) is 0 Å². The molecular formula is C12H19NO2. The first-order valence-corrected chi connectivity index (χ1v) is 5.57. The minimum absolute atomic E-state index is 0.0496. The summed E-state index contributed by atoms with van der Waals surface area (Å²) < 4.78 is 0. The molecule has 0 aromatic heterocycles. The SMILES string of the molecule is C#CC1[C@@H](CN)CCCC[C@H]1CC(=O)O. The van der Waals surface area contributed by atoms with Gasteiger partial charge < -0.3 is 10.8 Å². The molecule has 0 bridgehead atoms. The van der Waals surface area contributed by atoms with Gasteiger partial charge in [-0.15, -0.1) is 12.3 Å². The third kappa shape index (κ3) is 3.24. The summed E-state index contributed by atoms with van der Waals surface area (Å²) in [6, 6.07) is 0. The van der Waals surface area contributed by atoms with Crippen LogP contribution in [0.2, 0.25) is 0 Å². The third-order valence-electron chi connectivity index (χ3n) is 3.35. The van der Waals surface area contributed by atoms with Gasteiger partial charge in [0.25, 0.3) is 0 Å². The lowest BCUT2D eigenvalue weighted by Gasteiger charge is -2.25. The van der Waals surface area contributed by atoms with Gasteiger partial charge in [-0.1, -0.05) is 12.8 Å². The van der Waals surface area contributed by atoms with Crippen LogP contribution in [0.15, 0.2) is 0 Å². The van der Waals surface area contributed by atoms with Gasteiger partial charge >= 0.3 is 5.97 Å². The molecule has 1 aliphatic carbocycles. The molecule has 3 nitrogen and oxygen atoms in total. The highest BCUT2D eigenvalue weighted by Crippen LogP contribution is 2.34. The van der Waals surface area contributed by atoms with Crippen LogP contribution in [0.5, 0.6) is 0 Å². The molecule has 3 atom stereocenters. The van der Waals surface area contributed by atoms with Crippen molar-refractivity contribution in [3.05, 3.63) is 0 Å². The molecule has 0 heterocycles. The monoisotopic (exact) mass is 209 g/mol. The summed E-state index contributed by atoms with van der Waals surface area (Å²) in [5.74, 6) is 2.48. The maximum Gasteiger partial charge on any atom is 0.303 e. The quantitative estimate of drug-likeness (QED) is 0.546. The van der Waals surface area contributed by atoms with Crippen molar-refractivity contribution in [1.29, 1.82) is 0 Å². The molecule has 0 amide bonds. The zero-order valence-electron chi connectivity index (χ0n) is 8.98. The fourth-order valence-electron chi connectivity index (χ4n) is 2.55. The minimum atomic E-state index is -0.752. The molecule has 0 radical (unpaired) electrons. The van der Waals surface area contributed by atoms with Crippen molar-refractivity contribution in [2.45, 2.75) is 32.1 Å². The summed E-state index contributed by atoms with van der Waals surface area (Å²) in [5.41, 5.74) is 5.69. The first-order valence-electron chi connectivity index (χ1n) is 5.57. The van der Waals surface area contributed by atoms with E-state index in [2.05, 4.69) is 5.92 Å². The average molecular weight is 209 g/mol. The zero-order valence-corrected chi connectivity index (χ0v) is 8.98. The van der Waals surface area contributed by atoms with E-state index in [-0.39, 0.29) is 18.3 Å². The van der Waals surface area contributed by atoms with Crippen LogP contribution in [0.25, 0.3) is 0 Å². The minimum Gasteiger partial charge on any atom is -0.481 e. The van der Waals surface area contributed by atoms with E-state index in [4.69, 9.17) is 17.3 Å². The summed E-state index contributed by atoms with van der Waals surface area (Å²) >= 11 is 0. The van der Waals surface area contributed by atoms with Gasteiger partial charge in [0.1, 0.15) is 0 Å². The van der Waals surface area contributed by atoms with Gasteiger partial charge in [-0.05, 0) is 31.2 Å². The van der Waals surface area contributed by atoms with Gasteiger partial charge in [0, 0.05) is 12.3 Å². The van der Waals surface area contributed by atoms with Crippen molar-refractivity contribution < 1.29 is 9.90 Å². The average Bonchev–Trinajstić information content (AvgIpc) is 2.38. The summed E-state index contributed by atoms with van der Waals surface area (Å²) in [5, 5.41) is 8.83. The number of carboxylic acids is 1. The smallest absolute Gasteiger partial charge is 0.303 e. The van der Waals surface area contributed by atoms with Gasteiger partial charge in [-0.3, -0.25) is 4.79 Å². The van der Waals surface area contributed by atoms with Crippen LogP contribution in [-0.2, 0) is 4.79 Å². The normalized spacial score (nSPS) is 31.6. The lowest BCUT2D eigenvalue weighted by atomic mass is 9.79. The Morgan fingerprint density at radius 1 is 1.40 bits per heavy atom. The number of carboxylic acid groups (broad SMARTS) is 1. The second-order valence-electron chi connectivity index (χ2n) is 4.33. The van der Waals surface area contributed by atoms with Crippen molar-refractivity contribution in [2.24, 2.45) is 23.5 Å². The maximum absolute atomic E-state index is 10.7. The number of hydrogen-bond donors (Lipinski definition) is 2. The summed E-state index contributed by atoms with van der Waals surface area (Å²) in [6.07, 6.45) is 9.86. The number of nitrogens with two attached hydrogens (primary N) is 1. The molecule has 0 saturated heterocycles. The van der Waals surface area contributed by atoms with Crippen molar-refractivity contribution in [1.82, 2.24) is 0 Å². The van der Waals surface area contributed by atoms with E-state index >= 15 is 0 Å². The zero-order chi connectivity index (χ0) is 11.3. The molecule has 1 rings (SSSR count). The molecule has 84 valence electrons. The second kappa shape index (κ2) is 5.77. The van der Waals surface area contributed by atoms with E-state index in [0.717, 1.165) is 25.7 Å². The lowest BCUT2D eigenvalue weighted by Crippen LogP contribution is -2.28. The number of rotatable bonds is 3. The van der Waals surface area contributed by atoms with Crippen LogP contribution in [0, 0.1) is 30.1 Å². The highest BCUT2D eigenvalue weighted by atomic mass is 16.4. The first-order chi connectivity index (χ1) is 7.19. The standard InChI is InChI=1S/C12H19NO2/c1-2-11-9(7-12(14)15)5-3-4-6-10(11)8-13/h1,9-11H,3-8,13H2,(H,14,15)/t9-,10+,11?/m0/s1. The van der Waals surface area contributed by atoms with Gasteiger partial charge in [-0.2, -0.15) is 0 Å². The molecule has 15 heavy (non-hydrogen) atoms. The molecule has 0 aromatic carbocycles. The van der Waals surface area contributed by atoms with E-state index < -0.39 is 5.97 Å². The molecule has 1 saturated carbocycles. The van der Waals surface area contributed by atoms with Crippen LogP contribution in [-0.4, -0.2) is 17.6 Å².